The van der Waals surface area contributed by atoms with Crippen LogP contribution in [0.1, 0.15) is 83.1 Å². The van der Waals surface area contributed by atoms with Gasteiger partial charge in [0.05, 0.1) is 0 Å². The van der Waals surface area contributed by atoms with E-state index in [4.69, 9.17) is 0 Å². The van der Waals surface area contributed by atoms with Crippen LogP contribution in [-0.2, 0) is 10.4 Å². The average molecular weight is 427 g/mol. The van der Waals surface area contributed by atoms with Crippen molar-refractivity contribution in [2.45, 2.75) is 89.2 Å². The number of benzene rings is 1. The van der Waals surface area contributed by atoms with Crippen LogP contribution in [-0.4, -0.2) is 41.6 Å². The van der Waals surface area contributed by atoms with Gasteiger partial charge in [0.2, 0.25) is 0 Å². The number of hydrogen-bond acceptors (Lipinski definition) is 3. The molecular formula is C27H42N2O2. The number of carbonyl (C=O) groups is 1. The highest BCUT2D eigenvalue weighted by atomic mass is 16.3. The molecule has 3 atom stereocenters. The van der Waals surface area contributed by atoms with Gasteiger partial charge < -0.3 is 15.3 Å². The van der Waals surface area contributed by atoms with E-state index in [0.29, 0.717) is 5.92 Å². The standard InChI is InChI=1S/C27H42N2O2/c1-21-13-14-24(19-21)27(31,23-11-7-4-8-12-23)26(30)28-25-15-17-29(18-16-25)20-22-9-5-2-3-6-10-22/h4,7-8,11-12,21-22,24-25,31H,2-3,5-6,9-10,13-20H2,1H3,(H,28,30)/t21-,24?,27-/m0/s1. The van der Waals surface area contributed by atoms with Gasteiger partial charge in [-0.25, -0.2) is 0 Å². The fourth-order valence-electron chi connectivity index (χ4n) is 6.30. The number of nitrogens with one attached hydrogen (secondary N) is 1. The summed E-state index contributed by atoms with van der Waals surface area (Å²) in [6, 6.07) is 9.81. The number of nitrogens with zero attached hydrogens (tertiary/aromatic N) is 1. The van der Waals surface area contributed by atoms with Gasteiger partial charge in [0, 0.05) is 31.6 Å². The maximum Gasteiger partial charge on any atom is 0.257 e. The molecule has 0 spiro atoms. The lowest BCUT2D eigenvalue weighted by Crippen LogP contribution is -2.54. The fourth-order valence-corrected chi connectivity index (χ4v) is 6.30. The molecule has 1 saturated heterocycles. The van der Waals surface area contributed by atoms with Gasteiger partial charge in [0.1, 0.15) is 0 Å². The van der Waals surface area contributed by atoms with E-state index in [1.165, 1.54) is 45.1 Å². The lowest BCUT2D eigenvalue weighted by Gasteiger charge is -2.38. The van der Waals surface area contributed by atoms with Crippen LogP contribution in [0.3, 0.4) is 0 Å². The maximum atomic E-state index is 13.5. The van der Waals surface area contributed by atoms with Crippen molar-refractivity contribution in [1.29, 1.82) is 0 Å². The maximum absolute atomic E-state index is 13.5. The van der Waals surface area contributed by atoms with E-state index in [-0.39, 0.29) is 17.9 Å². The van der Waals surface area contributed by atoms with Crippen molar-refractivity contribution in [3.63, 3.8) is 0 Å². The van der Waals surface area contributed by atoms with Crippen molar-refractivity contribution < 1.29 is 9.90 Å². The van der Waals surface area contributed by atoms with E-state index in [1.54, 1.807) is 0 Å². The van der Waals surface area contributed by atoms with Crippen molar-refractivity contribution in [3.8, 4) is 0 Å². The van der Waals surface area contributed by atoms with Gasteiger partial charge in [-0.1, -0.05) is 69.4 Å². The van der Waals surface area contributed by atoms with E-state index in [1.807, 2.05) is 30.3 Å². The van der Waals surface area contributed by atoms with Crippen molar-refractivity contribution in [3.05, 3.63) is 35.9 Å². The molecule has 0 radical (unpaired) electrons. The van der Waals surface area contributed by atoms with Gasteiger partial charge in [0.15, 0.2) is 5.60 Å². The molecule has 4 heteroatoms. The Morgan fingerprint density at radius 2 is 1.68 bits per heavy atom. The molecule has 1 heterocycles. The molecule has 1 aromatic carbocycles. The molecule has 2 aliphatic carbocycles. The SMILES string of the molecule is C[C@H]1CCC([C@](O)(C(=O)NC2CCN(CC3CCCCCC3)CC2)c2ccccc2)C1. The summed E-state index contributed by atoms with van der Waals surface area (Å²) in [5.74, 6) is 1.25. The number of hydrogen-bond donors (Lipinski definition) is 2. The predicted octanol–water partition coefficient (Wildman–Crippen LogP) is 4.86. The molecular weight excluding hydrogens is 384 g/mol. The first-order valence-corrected chi connectivity index (χ1v) is 12.9. The van der Waals surface area contributed by atoms with Crippen molar-refractivity contribution in [2.24, 2.45) is 17.8 Å². The number of amides is 1. The Morgan fingerprint density at radius 3 is 2.29 bits per heavy atom. The van der Waals surface area contributed by atoms with Gasteiger partial charge in [-0.15, -0.1) is 0 Å². The molecule has 4 nitrogen and oxygen atoms in total. The van der Waals surface area contributed by atoms with Crippen molar-refractivity contribution in [1.82, 2.24) is 10.2 Å². The topological polar surface area (TPSA) is 52.6 Å². The fraction of sp³-hybridized carbons (Fsp3) is 0.741. The summed E-state index contributed by atoms with van der Waals surface area (Å²) in [6.07, 6.45) is 13.3. The van der Waals surface area contributed by atoms with Crippen molar-refractivity contribution >= 4 is 5.91 Å². The van der Waals surface area contributed by atoms with Crippen LogP contribution in [0.15, 0.2) is 30.3 Å². The average Bonchev–Trinajstić information content (AvgIpc) is 3.07. The van der Waals surface area contributed by atoms with Crippen LogP contribution in [0.2, 0.25) is 0 Å². The first-order chi connectivity index (χ1) is 15.1. The number of rotatable bonds is 6. The third-order valence-electron chi connectivity index (χ3n) is 8.26. The molecule has 172 valence electrons. The third kappa shape index (κ3) is 5.51. The van der Waals surface area contributed by atoms with Crippen molar-refractivity contribution in [2.75, 3.05) is 19.6 Å². The molecule has 2 N–H and O–H groups in total. The molecule has 1 aromatic rings. The second-order valence-corrected chi connectivity index (χ2v) is 10.7. The summed E-state index contributed by atoms with van der Waals surface area (Å²) in [5, 5.41) is 15.0. The summed E-state index contributed by atoms with van der Waals surface area (Å²) >= 11 is 0. The molecule has 1 unspecified atom stereocenters. The van der Waals surface area contributed by atoms with E-state index in [0.717, 1.165) is 56.7 Å². The van der Waals surface area contributed by atoms with E-state index in [9.17, 15) is 9.90 Å². The number of piperidine rings is 1. The zero-order valence-electron chi connectivity index (χ0n) is 19.4. The Balaban J connectivity index is 1.35. The third-order valence-corrected chi connectivity index (χ3v) is 8.26. The summed E-state index contributed by atoms with van der Waals surface area (Å²) in [5.41, 5.74) is -0.666. The molecule has 4 rings (SSSR count). The molecule has 31 heavy (non-hydrogen) atoms. The Morgan fingerprint density at radius 1 is 1.00 bits per heavy atom. The highest BCUT2D eigenvalue weighted by Crippen LogP contribution is 2.43. The van der Waals surface area contributed by atoms with Crippen LogP contribution < -0.4 is 5.32 Å². The second kappa shape index (κ2) is 10.5. The van der Waals surface area contributed by atoms with Gasteiger partial charge in [-0.3, -0.25) is 4.79 Å². The molecule has 2 saturated carbocycles. The number of carbonyl (C=O) groups excluding carboxylic acids is 1. The minimum atomic E-state index is -1.41. The van der Waals surface area contributed by atoms with Crippen LogP contribution in [0, 0.1) is 17.8 Å². The Labute approximate surface area is 188 Å². The quantitative estimate of drug-likeness (QED) is 0.639. The van der Waals surface area contributed by atoms with Crippen LogP contribution in [0.25, 0.3) is 0 Å². The van der Waals surface area contributed by atoms with E-state index < -0.39 is 5.60 Å². The van der Waals surface area contributed by atoms with Crippen LogP contribution >= 0.6 is 0 Å². The number of aliphatic hydroxyl groups is 1. The highest BCUT2D eigenvalue weighted by molar-refractivity contribution is 5.87. The Hall–Kier alpha value is -1.39. The summed E-state index contributed by atoms with van der Waals surface area (Å²) in [6.45, 7) is 5.58. The Kier molecular flexibility index (Phi) is 7.71. The second-order valence-electron chi connectivity index (χ2n) is 10.7. The highest BCUT2D eigenvalue weighted by Gasteiger charge is 2.48. The van der Waals surface area contributed by atoms with Crippen LogP contribution in [0.4, 0.5) is 0 Å². The first kappa shape index (κ1) is 22.8. The lowest BCUT2D eigenvalue weighted by atomic mass is 9.78. The lowest BCUT2D eigenvalue weighted by molar-refractivity contribution is -0.148. The summed E-state index contributed by atoms with van der Waals surface area (Å²) in [4.78, 5) is 16.1. The largest absolute Gasteiger partial charge is 0.375 e. The number of likely N-dealkylation sites (tertiary alicyclic amines) is 1. The summed E-state index contributed by atoms with van der Waals surface area (Å²) in [7, 11) is 0. The predicted molar refractivity (Wildman–Crippen MR) is 126 cm³/mol. The van der Waals surface area contributed by atoms with E-state index >= 15 is 0 Å². The summed E-state index contributed by atoms with van der Waals surface area (Å²) < 4.78 is 0. The molecule has 1 amide bonds. The zero-order chi connectivity index (χ0) is 21.7. The molecule has 1 aliphatic heterocycles. The Bertz CT molecular complexity index is 692. The first-order valence-electron chi connectivity index (χ1n) is 12.9. The van der Waals surface area contributed by atoms with Gasteiger partial charge in [-0.2, -0.15) is 0 Å². The minimum Gasteiger partial charge on any atom is -0.375 e. The minimum absolute atomic E-state index is 0.000209. The molecule has 3 fully saturated rings. The van der Waals surface area contributed by atoms with E-state index in [2.05, 4.69) is 17.1 Å². The van der Waals surface area contributed by atoms with Gasteiger partial charge in [-0.05, 0) is 55.9 Å². The smallest absolute Gasteiger partial charge is 0.257 e. The zero-order valence-corrected chi connectivity index (χ0v) is 19.4. The molecule has 0 aromatic heterocycles. The van der Waals surface area contributed by atoms with Crippen LogP contribution in [0.5, 0.6) is 0 Å². The normalized spacial score (nSPS) is 28.7. The van der Waals surface area contributed by atoms with Gasteiger partial charge >= 0.3 is 0 Å². The molecule has 0 bridgehead atoms. The molecule has 3 aliphatic rings. The monoisotopic (exact) mass is 426 g/mol. The van der Waals surface area contributed by atoms with Gasteiger partial charge in [0.25, 0.3) is 5.91 Å².